The first-order valence-electron chi connectivity index (χ1n) is 9.79. The second-order valence-electron chi connectivity index (χ2n) is 7.09. The molecule has 0 radical (unpaired) electrons. The van der Waals surface area contributed by atoms with Crippen molar-refractivity contribution in [3.63, 3.8) is 0 Å². The minimum atomic E-state index is -0.591. The molecule has 0 spiro atoms. The van der Waals surface area contributed by atoms with Crippen molar-refractivity contribution >= 4 is 30.5 Å². The molecule has 1 fully saturated rings. The Balaban J connectivity index is 0.00000240. The van der Waals surface area contributed by atoms with Gasteiger partial charge < -0.3 is 24.2 Å². The molecule has 1 aliphatic rings. The molecule has 0 aromatic heterocycles. The highest BCUT2D eigenvalue weighted by Crippen LogP contribution is 2.24. The highest BCUT2D eigenvalue weighted by atomic mass is 35.5. The van der Waals surface area contributed by atoms with Gasteiger partial charge in [-0.3, -0.25) is 4.90 Å². The average Bonchev–Trinajstić information content (AvgIpc) is 2.74. The summed E-state index contributed by atoms with van der Waals surface area (Å²) in [7, 11) is 3.23. The average molecular weight is 477 g/mol. The molecular formula is C22H31Cl2FN2O4. The first-order valence-corrected chi connectivity index (χ1v) is 9.79. The Kier molecular flexibility index (Phi) is 12.0. The molecule has 1 N–H and O–H groups in total. The Morgan fingerprint density at radius 3 is 2.35 bits per heavy atom. The summed E-state index contributed by atoms with van der Waals surface area (Å²) >= 11 is 0. The van der Waals surface area contributed by atoms with E-state index in [1.165, 1.54) is 6.07 Å². The molecule has 6 nitrogen and oxygen atoms in total. The van der Waals surface area contributed by atoms with Gasteiger partial charge in [-0.15, -0.1) is 24.8 Å². The Morgan fingerprint density at radius 1 is 1.00 bits per heavy atom. The van der Waals surface area contributed by atoms with E-state index in [2.05, 4.69) is 4.90 Å². The molecule has 2 aromatic rings. The predicted molar refractivity (Wildman–Crippen MR) is 125 cm³/mol. The lowest BCUT2D eigenvalue weighted by atomic mass is 10.2. The van der Waals surface area contributed by atoms with E-state index in [1.807, 2.05) is 29.2 Å². The van der Waals surface area contributed by atoms with Gasteiger partial charge >= 0.3 is 0 Å². The number of benzene rings is 2. The number of aliphatic hydroxyl groups is 1. The van der Waals surface area contributed by atoms with Crippen molar-refractivity contribution in [1.82, 2.24) is 4.90 Å². The molecule has 3 rings (SSSR count). The molecule has 9 heteroatoms. The van der Waals surface area contributed by atoms with E-state index in [-0.39, 0.29) is 37.2 Å². The summed E-state index contributed by atoms with van der Waals surface area (Å²) < 4.78 is 30.2. The molecule has 1 atom stereocenters. The van der Waals surface area contributed by atoms with E-state index in [4.69, 9.17) is 14.2 Å². The van der Waals surface area contributed by atoms with Crippen molar-refractivity contribution < 1.29 is 23.7 Å². The Hall–Kier alpha value is -1.77. The molecule has 0 bridgehead atoms. The lowest BCUT2D eigenvalue weighted by molar-refractivity contribution is 0.00860. The van der Waals surface area contributed by atoms with Crippen LogP contribution in [0.5, 0.6) is 11.5 Å². The number of hydrogen-bond donors (Lipinski definition) is 1. The van der Waals surface area contributed by atoms with Gasteiger partial charge in [0.15, 0.2) is 0 Å². The summed E-state index contributed by atoms with van der Waals surface area (Å²) in [5.41, 5.74) is 1.51. The highest BCUT2D eigenvalue weighted by molar-refractivity contribution is 5.85. The fraction of sp³-hybridized carbons (Fsp3) is 0.455. The topological polar surface area (TPSA) is 54.4 Å². The summed E-state index contributed by atoms with van der Waals surface area (Å²) in [4.78, 5) is 4.22. The molecule has 0 amide bonds. The zero-order valence-electron chi connectivity index (χ0n) is 17.8. The number of methoxy groups -OCH3 is 2. The molecule has 0 saturated carbocycles. The lowest BCUT2D eigenvalue weighted by Gasteiger charge is -2.37. The molecular weight excluding hydrogens is 446 g/mol. The SMILES string of the molecule is COc1ccc(OC)c(COCC(O)CN2CCN(c3ccccc3F)CC2)c1.Cl.Cl. The molecule has 1 unspecified atom stereocenters. The molecule has 1 aliphatic heterocycles. The Bertz CT molecular complexity index is 792. The van der Waals surface area contributed by atoms with Crippen LogP contribution in [-0.2, 0) is 11.3 Å². The lowest BCUT2D eigenvalue weighted by Crippen LogP contribution is -2.49. The summed E-state index contributed by atoms with van der Waals surface area (Å²) in [5.74, 6) is 1.27. The number of anilines is 1. The van der Waals surface area contributed by atoms with Crippen LogP contribution in [0.25, 0.3) is 0 Å². The second-order valence-corrected chi connectivity index (χ2v) is 7.09. The van der Waals surface area contributed by atoms with E-state index < -0.39 is 6.10 Å². The van der Waals surface area contributed by atoms with Crippen LogP contribution in [-0.4, -0.2) is 69.7 Å². The van der Waals surface area contributed by atoms with Crippen molar-refractivity contribution in [2.75, 3.05) is 58.5 Å². The minimum Gasteiger partial charge on any atom is -0.497 e. The number of para-hydroxylation sites is 1. The van der Waals surface area contributed by atoms with Gasteiger partial charge in [0.2, 0.25) is 0 Å². The first kappa shape index (κ1) is 27.3. The number of nitrogens with zero attached hydrogens (tertiary/aromatic N) is 2. The normalized spacial score (nSPS) is 14.9. The monoisotopic (exact) mass is 476 g/mol. The van der Waals surface area contributed by atoms with Gasteiger partial charge in [-0.2, -0.15) is 0 Å². The summed E-state index contributed by atoms with van der Waals surface area (Å²) in [6.07, 6.45) is -0.591. The second kappa shape index (κ2) is 13.6. The van der Waals surface area contributed by atoms with Crippen molar-refractivity contribution in [3.8, 4) is 11.5 Å². The van der Waals surface area contributed by atoms with Crippen LogP contribution >= 0.6 is 24.8 Å². The smallest absolute Gasteiger partial charge is 0.146 e. The minimum absolute atomic E-state index is 0. The van der Waals surface area contributed by atoms with Crippen molar-refractivity contribution in [1.29, 1.82) is 0 Å². The van der Waals surface area contributed by atoms with Gasteiger partial charge in [0.1, 0.15) is 17.3 Å². The van der Waals surface area contributed by atoms with E-state index >= 15 is 0 Å². The van der Waals surface area contributed by atoms with Crippen LogP contribution in [0, 0.1) is 5.82 Å². The Morgan fingerprint density at radius 2 is 1.71 bits per heavy atom. The third-order valence-electron chi connectivity index (χ3n) is 5.09. The maximum Gasteiger partial charge on any atom is 0.146 e. The van der Waals surface area contributed by atoms with Crippen LogP contribution in [0.1, 0.15) is 5.56 Å². The summed E-state index contributed by atoms with van der Waals surface area (Å²) in [5, 5.41) is 10.3. The van der Waals surface area contributed by atoms with Crippen LogP contribution in [0.3, 0.4) is 0 Å². The number of piperazine rings is 1. The fourth-order valence-electron chi connectivity index (χ4n) is 3.53. The van der Waals surface area contributed by atoms with E-state index in [0.29, 0.717) is 18.8 Å². The van der Waals surface area contributed by atoms with Gasteiger partial charge in [-0.25, -0.2) is 4.39 Å². The van der Waals surface area contributed by atoms with E-state index in [9.17, 15) is 9.50 Å². The maximum atomic E-state index is 13.9. The predicted octanol–water partition coefficient (Wildman–Crippen LogP) is 3.39. The Labute approximate surface area is 195 Å². The molecule has 2 aromatic carbocycles. The summed E-state index contributed by atoms with van der Waals surface area (Å²) in [6.45, 7) is 4.10. The van der Waals surface area contributed by atoms with E-state index in [0.717, 1.165) is 43.2 Å². The van der Waals surface area contributed by atoms with Gasteiger partial charge in [0.25, 0.3) is 0 Å². The largest absolute Gasteiger partial charge is 0.497 e. The highest BCUT2D eigenvalue weighted by Gasteiger charge is 2.21. The number of halogens is 3. The summed E-state index contributed by atoms with van der Waals surface area (Å²) in [6, 6.07) is 12.4. The molecule has 0 aliphatic carbocycles. The van der Waals surface area contributed by atoms with Crippen molar-refractivity contribution in [2.45, 2.75) is 12.7 Å². The molecule has 174 valence electrons. The number of rotatable bonds is 9. The van der Waals surface area contributed by atoms with E-state index in [1.54, 1.807) is 26.4 Å². The quantitative estimate of drug-likeness (QED) is 0.598. The zero-order valence-corrected chi connectivity index (χ0v) is 19.5. The standard InChI is InChI=1S/C22H29FN2O4.2ClH/c1-27-19-7-8-22(28-2)17(13-19)15-29-16-18(26)14-24-9-11-25(12-10-24)21-6-4-3-5-20(21)23;;/h3-8,13,18,26H,9-12,14-16H2,1-2H3;2*1H. The third-order valence-corrected chi connectivity index (χ3v) is 5.09. The van der Waals surface area contributed by atoms with Crippen molar-refractivity contribution in [3.05, 3.63) is 53.8 Å². The molecule has 1 heterocycles. The zero-order chi connectivity index (χ0) is 20.6. The van der Waals surface area contributed by atoms with Gasteiger partial charge in [0.05, 0.1) is 39.2 Å². The van der Waals surface area contributed by atoms with Crippen molar-refractivity contribution in [2.24, 2.45) is 0 Å². The number of β-amino-alcohol motifs (C(OH)–C–C–N with tert-alkyl or cyclic N) is 1. The van der Waals surface area contributed by atoms with Gasteiger partial charge in [-0.1, -0.05) is 12.1 Å². The molecule has 1 saturated heterocycles. The number of ether oxygens (including phenoxy) is 3. The maximum absolute atomic E-state index is 13.9. The van der Waals surface area contributed by atoms with Gasteiger partial charge in [-0.05, 0) is 30.3 Å². The molecule has 31 heavy (non-hydrogen) atoms. The number of aliphatic hydroxyl groups excluding tert-OH is 1. The van der Waals surface area contributed by atoms with Crippen LogP contribution in [0.15, 0.2) is 42.5 Å². The first-order chi connectivity index (χ1) is 14.1. The number of hydrogen-bond acceptors (Lipinski definition) is 6. The van der Waals surface area contributed by atoms with Crippen LogP contribution in [0.2, 0.25) is 0 Å². The fourth-order valence-corrected chi connectivity index (χ4v) is 3.53. The van der Waals surface area contributed by atoms with Crippen LogP contribution in [0.4, 0.5) is 10.1 Å². The van der Waals surface area contributed by atoms with Gasteiger partial charge in [0, 0.05) is 38.3 Å². The third kappa shape index (κ3) is 7.70. The van der Waals surface area contributed by atoms with Crippen LogP contribution < -0.4 is 14.4 Å².